The van der Waals surface area contributed by atoms with Crippen LogP contribution in [0.15, 0.2) is 41.6 Å². The molecule has 120 valence electrons. The Morgan fingerprint density at radius 2 is 1.91 bits per heavy atom. The number of hydrogen-bond donors (Lipinski definition) is 1. The molecule has 0 bridgehead atoms. The third-order valence-corrected chi connectivity index (χ3v) is 3.96. The molecule has 0 aliphatic carbocycles. The number of anilines is 2. The standard InChI is InChI=1S/C16H16Cl2N4O/c17-13-9-15(18)16(19-11-13)21-20-10-12-1-3-14(4-2-12)22-5-7-23-8-6-22/h1-4,9-11H,5-8H2,(H,19,21)/b20-10-. The van der Waals surface area contributed by atoms with Crippen molar-refractivity contribution in [3.8, 4) is 0 Å². The summed E-state index contributed by atoms with van der Waals surface area (Å²) in [5.41, 5.74) is 4.99. The Morgan fingerprint density at radius 3 is 2.61 bits per heavy atom. The average Bonchev–Trinajstić information content (AvgIpc) is 2.58. The number of halogens is 2. The molecule has 1 saturated heterocycles. The van der Waals surface area contributed by atoms with Gasteiger partial charge in [-0.1, -0.05) is 35.3 Å². The van der Waals surface area contributed by atoms with Crippen molar-refractivity contribution in [2.45, 2.75) is 0 Å². The van der Waals surface area contributed by atoms with Gasteiger partial charge in [-0.3, -0.25) is 5.43 Å². The molecule has 2 aromatic rings. The smallest absolute Gasteiger partial charge is 0.165 e. The first-order chi connectivity index (χ1) is 11.2. The molecule has 0 unspecified atom stereocenters. The Hall–Kier alpha value is -1.82. The van der Waals surface area contributed by atoms with Crippen LogP contribution in [-0.2, 0) is 4.74 Å². The van der Waals surface area contributed by atoms with Crippen LogP contribution in [0.4, 0.5) is 11.5 Å². The minimum absolute atomic E-state index is 0.428. The number of benzene rings is 1. The van der Waals surface area contributed by atoms with Crippen molar-refractivity contribution >= 4 is 40.9 Å². The second-order valence-electron chi connectivity index (χ2n) is 5.04. The topological polar surface area (TPSA) is 49.8 Å². The van der Waals surface area contributed by atoms with Crippen molar-refractivity contribution in [3.05, 3.63) is 52.1 Å². The molecular formula is C16H16Cl2N4O. The number of rotatable bonds is 4. The van der Waals surface area contributed by atoms with Crippen LogP contribution in [-0.4, -0.2) is 37.5 Å². The summed E-state index contributed by atoms with van der Waals surface area (Å²) in [5.74, 6) is 0.470. The second-order valence-corrected chi connectivity index (χ2v) is 5.89. The van der Waals surface area contributed by atoms with Crippen LogP contribution in [0.3, 0.4) is 0 Å². The maximum Gasteiger partial charge on any atom is 0.165 e. The zero-order valence-electron chi connectivity index (χ0n) is 12.4. The first kappa shape index (κ1) is 16.1. The van der Waals surface area contributed by atoms with E-state index in [1.165, 1.54) is 11.9 Å². The average molecular weight is 351 g/mol. The van der Waals surface area contributed by atoms with E-state index < -0.39 is 0 Å². The van der Waals surface area contributed by atoms with E-state index in [2.05, 4.69) is 32.5 Å². The maximum absolute atomic E-state index is 6.02. The van der Waals surface area contributed by atoms with Crippen LogP contribution in [0.5, 0.6) is 0 Å². The third-order valence-electron chi connectivity index (χ3n) is 3.46. The number of ether oxygens (including phenoxy) is 1. The Labute approximate surface area is 144 Å². The Morgan fingerprint density at radius 1 is 1.17 bits per heavy atom. The zero-order chi connectivity index (χ0) is 16.1. The fourth-order valence-corrected chi connectivity index (χ4v) is 2.68. The van der Waals surface area contributed by atoms with Gasteiger partial charge in [0.2, 0.25) is 0 Å². The second kappa shape index (κ2) is 7.64. The van der Waals surface area contributed by atoms with Crippen LogP contribution in [0.2, 0.25) is 10.0 Å². The number of hydrazone groups is 1. The molecule has 2 heterocycles. The molecule has 1 aromatic carbocycles. The lowest BCUT2D eigenvalue weighted by Gasteiger charge is -2.28. The maximum atomic E-state index is 6.02. The molecule has 1 N–H and O–H groups in total. The van der Waals surface area contributed by atoms with Crippen molar-refractivity contribution in [1.82, 2.24) is 4.98 Å². The molecule has 7 heteroatoms. The number of aromatic nitrogens is 1. The molecule has 0 atom stereocenters. The molecule has 23 heavy (non-hydrogen) atoms. The third kappa shape index (κ3) is 4.34. The zero-order valence-corrected chi connectivity index (χ0v) is 13.9. The highest BCUT2D eigenvalue weighted by molar-refractivity contribution is 6.35. The minimum atomic E-state index is 0.428. The van der Waals surface area contributed by atoms with Gasteiger partial charge >= 0.3 is 0 Å². The van der Waals surface area contributed by atoms with E-state index in [1.807, 2.05) is 12.1 Å². The van der Waals surface area contributed by atoms with Gasteiger partial charge in [0.15, 0.2) is 5.82 Å². The van der Waals surface area contributed by atoms with Gasteiger partial charge in [0.1, 0.15) is 0 Å². The predicted octanol–water partition coefficient (Wildman–Crippen LogP) is 3.67. The number of pyridine rings is 1. The Balaban J connectivity index is 1.61. The molecular weight excluding hydrogens is 335 g/mol. The molecule has 0 spiro atoms. The normalized spacial score (nSPS) is 15.1. The van der Waals surface area contributed by atoms with Crippen molar-refractivity contribution in [3.63, 3.8) is 0 Å². The molecule has 1 fully saturated rings. The van der Waals surface area contributed by atoms with E-state index in [4.69, 9.17) is 27.9 Å². The summed E-state index contributed by atoms with van der Waals surface area (Å²) in [5, 5.41) is 5.06. The lowest BCUT2D eigenvalue weighted by atomic mass is 10.2. The molecule has 0 saturated carbocycles. The summed E-state index contributed by atoms with van der Waals surface area (Å²) >= 11 is 11.8. The van der Waals surface area contributed by atoms with Crippen LogP contribution >= 0.6 is 23.2 Å². The molecule has 5 nitrogen and oxygen atoms in total. The van der Waals surface area contributed by atoms with Gasteiger partial charge in [-0.2, -0.15) is 5.10 Å². The summed E-state index contributed by atoms with van der Waals surface area (Å²) in [6.45, 7) is 3.41. The Bertz CT molecular complexity index is 685. The summed E-state index contributed by atoms with van der Waals surface area (Å²) in [6, 6.07) is 9.82. The molecule has 0 radical (unpaired) electrons. The SMILES string of the molecule is Clc1cnc(N/N=C\c2ccc(N3CCOCC3)cc2)c(Cl)c1. The minimum Gasteiger partial charge on any atom is -0.378 e. The highest BCUT2D eigenvalue weighted by atomic mass is 35.5. The summed E-state index contributed by atoms with van der Waals surface area (Å²) in [7, 11) is 0. The largest absolute Gasteiger partial charge is 0.378 e. The lowest BCUT2D eigenvalue weighted by molar-refractivity contribution is 0.122. The van der Waals surface area contributed by atoms with Gasteiger partial charge < -0.3 is 9.64 Å². The van der Waals surface area contributed by atoms with Gasteiger partial charge in [0.25, 0.3) is 0 Å². The molecule has 1 aliphatic rings. The molecule has 1 aliphatic heterocycles. The Kier molecular flexibility index (Phi) is 5.33. The predicted molar refractivity (Wildman–Crippen MR) is 94.9 cm³/mol. The summed E-state index contributed by atoms with van der Waals surface area (Å²) < 4.78 is 5.36. The fourth-order valence-electron chi connectivity index (χ4n) is 2.26. The van der Waals surface area contributed by atoms with E-state index in [0.29, 0.717) is 15.9 Å². The van der Waals surface area contributed by atoms with Crippen LogP contribution in [0.25, 0.3) is 0 Å². The van der Waals surface area contributed by atoms with E-state index >= 15 is 0 Å². The fraction of sp³-hybridized carbons (Fsp3) is 0.250. The van der Waals surface area contributed by atoms with Crippen LogP contribution in [0.1, 0.15) is 5.56 Å². The first-order valence-electron chi connectivity index (χ1n) is 7.25. The molecule has 0 amide bonds. The van der Waals surface area contributed by atoms with Crippen LogP contribution in [0, 0.1) is 0 Å². The number of morpholine rings is 1. The number of hydrogen-bond acceptors (Lipinski definition) is 5. The van der Waals surface area contributed by atoms with Crippen molar-refractivity contribution in [1.29, 1.82) is 0 Å². The van der Waals surface area contributed by atoms with Gasteiger partial charge in [-0.15, -0.1) is 0 Å². The van der Waals surface area contributed by atoms with E-state index in [1.54, 1.807) is 12.3 Å². The van der Waals surface area contributed by atoms with Crippen molar-refractivity contribution in [2.75, 3.05) is 36.6 Å². The van der Waals surface area contributed by atoms with E-state index in [0.717, 1.165) is 31.9 Å². The van der Waals surface area contributed by atoms with E-state index in [9.17, 15) is 0 Å². The van der Waals surface area contributed by atoms with Crippen molar-refractivity contribution < 1.29 is 4.74 Å². The monoisotopic (exact) mass is 350 g/mol. The lowest BCUT2D eigenvalue weighted by Crippen LogP contribution is -2.36. The highest BCUT2D eigenvalue weighted by Gasteiger charge is 2.10. The van der Waals surface area contributed by atoms with Gasteiger partial charge in [-0.05, 0) is 23.8 Å². The van der Waals surface area contributed by atoms with Gasteiger partial charge in [0, 0.05) is 25.0 Å². The van der Waals surface area contributed by atoms with E-state index in [-0.39, 0.29) is 0 Å². The number of nitrogens with one attached hydrogen (secondary N) is 1. The quantitative estimate of drug-likeness (QED) is 0.675. The summed E-state index contributed by atoms with van der Waals surface area (Å²) in [4.78, 5) is 6.38. The van der Waals surface area contributed by atoms with Gasteiger partial charge in [-0.25, -0.2) is 4.98 Å². The molecule has 3 rings (SSSR count). The van der Waals surface area contributed by atoms with Gasteiger partial charge in [0.05, 0.1) is 29.5 Å². The highest BCUT2D eigenvalue weighted by Crippen LogP contribution is 2.22. The van der Waals surface area contributed by atoms with Crippen molar-refractivity contribution in [2.24, 2.45) is 5.10 Å². The molecule has 1 aromatic heterocycles. The number of nitrogens with zero attached hydrogens (tertiary/aromatic N) is 3. The summed E-state index contributed by atoms with van der Waals surface area (Å²) in [6.07, 6.45) is 3.23. The van der Waals surface area contributed by atoms with Crippen LogP contribution < -0.4 is 10.3 Å². The first-order valence-corrected chi connectivity index (χ1v) is 8.01.